The summed E-state index contributed by atoms with van der Waals surface area (Å²) in [5, 5.41) is 0. The maximum Gasteiger partial charge on any atom is 0.325 e. The van der Waals surface area contributed by atoms with Crippen molar-refractivity contribution < 1.29 is 23.8 Å². The predicted octanol–water partition coefficient (Wildman–Crippen LogP) is 0.531. The van der Waals surface area contributed by atoms with Crippen LogP contribution in [0.4, 0.5) is 5.69 Å². The first kappa shape index (κ1) is 15.6. The quantitative estimate of drug-likeness (QED) is 0.626. The molecule has 2 N–H and O–H groups in total. The molecule has 0 aromatic heterocycles. The Bertz CT molecular complexity index is 516. The maximum absolute atomic E-state index is 12.3. The molecule has 1 amide bonds. The van der Waals surface area contributed by atoms with Gasteiger partial charge in [-0.15, -0.1) is 0 Å². The molecule has 0 atom stereocenters. The molecular formula is C13H18N2O5. The van der Waals surface area contributed by atoms with Crippen LogP contribution in [0.1, 0.15) is 10.4 Å². The number of benzene rings is 1. The molecule has 1 aromatic rings. The number of hydrogen-bond donors (Lipinski definition) is 1. The molecule has 110 valence electrons. The summed E-state index contributed by atoms with van der Waals surface area (Å²) in [7, 11) is 5.64. The second-order valence-corrected chi connectivity index (χ2v) is 4.03. The van der Waals surface area contributed by atoms with E-state index in [0.29, 0.717) is 11.5 Å². The van der Waals surface area contributed by atoms with Crippen molar-refractivity contribution in [2.24, 2.45) is 0 Å². The number of hydrogen-bond acceptors (Lipinski definition) is 6. The second kappa shape index (κ2) is 6.65. The molecule has 0 saturated carbocycles. The average molecular weight is 282 g/mol. The lowest BCUT2D eigenvalue weighted by atomic mass is 10.1. The summed E-state index contributed by atoms with van der Waals surface area (Å²) >= 11 is 0. The van der Waals surface area contributed by atoms with Crippen molar-refractivity contribution in [2.75, 3.05) is 40.7 Å². The van der Waals surface area contributed by atoms with Gasteiger partial charge in [0.1, 0.15) is 18.0 Å². The van der Waals surface area contributed by atoms with Gasteiger partial charge in [0.25, 0.3) is 5.91 Å². The summed E-state index contributed by atoms with van der Waals surface area (Å²) in [5.74, 6) is -0.176. The van der Waals surface area contributed by atoms with Gasteiger partial charge in [-0.1, -0.05) is 0 Å². The van der Waals surface area contributed by atoms with Crippen LogP contribution < -0.4 is 15.2 Å². The molecule has 0 unspecified atom stereocenters. The molecule has 20 heavy (non-hydrogen) atoms. The van der Waals surface area contributed by atoms with Gasteiger partial charge in [0.05, 0.1) is 32.6 Å². The van der Waals surface area contributed by atoms with Crippen molar-refractivity contribution in [3.05, 3.63) is 17.7 Å². The van der Waals surface area contributed by atoms with Gasteiger partial charge in [-0.2, -0.15) is 0 Å². The van der Waals surface area contributed by atoms with Crippen molar-refractivity contribution in [3.8, 4) is 11.5 Å². The van der Waals surface area contributed by atoms with Gasteiger partial charge in [-0.25, -0.2) is 0 Å². The standard InChI is InChI=1S/C13H18N2O5/c1-15(7-11(16)20-4)13(17)9-5-8(18-2)6-10(19-3)12(9)14/h5-6H,7,14H2,1-4H3. The number of nitrogens with zero attached hydrogens (tertiary/aromatic N) is 1. The Morgan fingerprint density at radius 2 is 1.85 bits per heavy atom. The Morgan fingerprint density at radius 3 is 2.35 bits per heavy atom. The van der Waals surface area contributed by atoms with E-state index in [0.717, 1.165) is 0 Å². The van der Waals surface area contributed by atoms with Crippen molar-refractivity contribution >= 4 is 17.6 Å². The third-order valence-electron chi connectivity index (χ3n) is 2.74. The van der Waals surface area contributed by atoms with E-state index in [1.165, 1.54) is 39.3 Å². The third-order valence-corrected chi connectivity index (χ3v) is 2.74. The van der Waals surface area contributed by atoms with Gasteiger partial charge in [0.15, 0.2) is 0 Å². The number of likely N-dealkylation sites (N-methyl/N-ethyl adjacent to an activating group) is 1. The van der Waals surface area contributed by atoms with Gasteiger partial charge in [-0.05, 0) is 6.07 Å². The largest absolute Gasteiger partial charge is 0.497 e. The zero-order valence-electron chi connectivity index (χ0n) is 11.9. The smallest absolute Gasteiger partial charge is 0.325 e. The first-order chi connectivity index (χ1) is 9.44. The number of nitrogens with two attached hydrogens (primary N) is 1. The van der Waals surface area contributed by atoms with Crippen LogP contribution in [0.2, 0.25) is 0 Å². The Balaban J connectivity index is 3.11. The molecule has 1 rings (SSSR count). The van der Waals surface area contributed by atoms with E-state index in [1.807, 2.05) is 0 Å². The maximum atomic E-state index is 12.3. The fourth-order valence-electron chi connectivity index (χ4n) is 1.60. The Morgan fingerprint density at radius 1 is 1.20 bits per heavy atom. The fourth-order valence-corrected chi connectivity index (χ4v) is 1.60. The monoisotopic (exact) mass is 282 g/mol. The number of carbonyl (C=O) groups is 2. The van der Waals surface area contributed by atoms with E-state index < -0.39 is 11.9 Å². The van der Waals surface area contributed by atoms with Crippen molar-refractivity contribution in [3.63, 3.8) is 0 Å². The van der Waals surface area contributed by atoms with Crippen molar-refractivity contribution in [2.45, 2.75) is 0 Å². The summed E-state index contributed by atoms with van der Waals surface area (Å²) in [6.45, 7) is -0.172. The topological polar surface area (TPSA) is 91.1 Å². The Labute approximate surface area is 117 Å². The van der Waals surface area contributed by atoms with Crippen LogP contribution in [0.5, 0.6) is 11.5 Å². The highest BCUT2D eigenvalue weighted by Gasteiger charge is 2.21. The van der Waals surface area contributed by atoms with E-state index in [2.05, 4.69) is 4.74 Å². The molecule has 0 radical (unpaired) electrons. The molecule has 0 fully saturated rings. The van der Waals surface area contributed by atoms with Crippen LogP contribution in [0.25, 0.3) is 0 Å². The summed E-state index contributed by atoms with van der Waals surface area (Å²) in [4.78, 5) is 24.7. The zero-order valence-corrected chi connectivity index (χ0v) is 11.9. The lowest BCUT2D eigenvalue weighted by Gasteiger charge is -2.18. The minimum atomic E-state index is -0.519. The van der Waals surface area contributed by atoms with Crippen LogP contribution >= 0.6 is 0 Å². The number of methoxy groups -OCH3 is 3. The molecule has 0 heterocycles. The highest BCUT2D eigenvalue weighted by molar-refractivity contribution is 6.01. The van der Waals surface area contributed by atoms with E-state index >= 15 is 0 Å². The van der Waals surface area contributed by atoms with Gasteiger partial charge in [0, 0.05) is 13.1 Å². The number of anilines is 1. The molecule has 0 aliphatic rings. The Kier molecular flexibility index (Phi) is 5.19. The molecule has 0 saturated heterocycles. The van der Waals surface area contributed by atoms with E-state index in [1.54, 1.807) is 6.07 Å². The van der Waals surface area contributed by atoms with E-state index in [4.69, 9.17) is 15.2 Å². The second-order valence-electron chi connectivity index (χ2n) is 4.03. The predicted molar refractivity (Wildman–Crippen MR) is 72.9 cm³/mol. The van der Waals surface area contributed by atoms with Gasteiger partial charge in [0.2, 0.25) is 0 Å². The third kappa shape index (κ3) is 3.31. The van der Waals surface area contributed by atoms with Crippen molar-refractivity contribution in [1.82, 2.24) is 4.90 Å². The minimum Gasteiger partial charge on any atom is -0.497 e. The van der Waals surface area contributed by atoms with Crippen LogP contribution in [-0.4, -0.2) is 51.7 Å². The number of ether oxygens (including phenoxy) is 3. The molecule has 7 nitrogen and oxygen atoms in total. The van der Waals surface area contributed by atoms with Gasteiger partial charge < -0.3 is 24.8 Å². The average Bonchev–Trinajstić information content (AvgIpc) is 2.46. The SMILES string of the molecule is COC(=O)CN(C)C(=O)c1cc(OC)cc(OC)c1N. The molecule has 0 aliphatic heterocycles. The zero-order chi connectivity index (χ0) is 15.3. The fraction of sp³-hybridized carbons (Fsp3) is 0.385. The summed E-state index contributed by atoms with van der Waals surface area (Å²) in [5.41, 5.74) is 6.27. The van der Waals surface area contributed by atoms with Crippen LogP contribution in [-0.2, 0) is 9.53 Å². The number of carbonyl (C=O) groups excluding carboxylic acids is 2. The summed E-state index contributed by atoms with van der Waals surface area (Å²) in [6.07, 6.45) is 0. The molecule has 1 aromatic carbocycles. The normalized spacial score (nSPS) is 9.80. The molecule has 0 aliphatic carbocycles. The number of esters is 1. The molecule has 7 heteroatoms. The lowest BCUT2D eigenvalue weighted by molar-refractivity contribution is -0.141. The van der Waals surface area contributed by atoms with Gasteiger partial charge >= 0.3 is 5.97 Å². The highest BCUT2D eigenvalue weighted by Crippen LogP contribution is 2.31. The Hall–Kier alpha value is -2.44. The van der Waals surface area contributed by atoms with E-state index in [-0.39, 0.29) is 17.8 Å². The van der Waals surface area contributed by atoms with Crippen LogP contribution in [0.3, 0.4) is 0 Å². The number of nitrogen functional groups attached to an aromatic ring is 1. The first-order valence-electron chi connectivity index (χ1n) is 5.78. The van der Waals surface area contributed by atoms with Gasteiger partial charge in [-0.3, -0.25) is 9.59 Å². The first-order valence-corrected chi connectivity index (χ1v) is 5.78. The highest BCUT2D eigenvalue weighted by atomic mass is 16.5. The lowest BCUT2D eigenvalue weighted by Crippen LogP contribution is -2.33. The minimum absolute atomic E-state index is 0.172. The van der Waals surface area contributed by atoms with E-state index in [9.17, 15) is 9.59 Å². The van der Waals surface area contributed by atoms with Crippen LogP contribution in [0.15, 0.2) is 12.1 Å². The summed E-state index contributed by atoms with van der Waals surface area (Å²) < 4.78 is 14.7. The summed E-state index contributed by atoms with van der Waals surface area (Å²) in [6, 6.07) is 3.07. The molecule has 0 spiro atoms. The van der Waals surface area contributed by atoms with Crippen molar-refractivity contribution in [1.29, 1.82) is 0 Å². The number of rotatable bonds is 5. The number of amides is 1. The molecular weight excluding hydrogens is 264 g/mol. The van der Waals surface area contributed by atoms with Crippen LogP contribution in [0, 0.1) is 0 Å². The molecule has 0 bridgehead atoms.